The van der Waals surface area contributed by atoms with Crippen LogP contribution >= 0.6 is 0 Å². The molecule has 21 heavy (non-hydrogen) atoms. The molecular formula is C16H30N4O. The number of aromatic nitrogens is 3. The summed E-state index contributed by atoms with van der Waals surface area (Å²) in [7, 11) is 1.97. The van der Waals surface area contributed by atoms with Gasteiger partial charge in [0.15, 0.2) is 0 Å². The molecule has 1 atom stereocenters. The fourth-order valence-electron chi connectivity index (χ4n) is 3.48. The highest BCUT2D eigenvalue weighted by molar-refractivity contribution is 5.01. The predicted molar refractivity (Wildman–Crippen MR) is 84.2 cm³/mol. The zero-order valence-corrected chi connectivity index (χ0v) is 13.8. The van der Waals surface area contributed by atoms with Crippen molar-refractivity contribution in [2.45, 2.75) is 70.4 Å². The Morgan fingerprint density at radius 3 is 2.67 bits per heavy atom. The average Bonchev–Trinajstić information content (AvgIpc) is 2.90. The molecule has 0 aliphatic heterocycles. The second-order valence-corrected chi connectivity index (χ2v) is 6.07. The van der Waals surface area contributed by atoms with E-state index in [0.717, 1.165) is 44.7 Å². The summed E-state index contributed by atoms with van der Waals surface area (Å²) in [5.41, 5.74) is -0.0336. The molecule has 1 heterocycles. The Balaban J connectivity index is 2.17. The van der Waals surface area contributed by atoms with Gasteiger partial charge in [0.2, 0.25) is 0 Å². The molecule has 1 unspecified atom stereocenters. The summed E-state index contributed by atoms with van der Waals surface area (Å²) in [4.78, 5) is 4.41. The van der Waals surface area contributed by atoms with Crippen LogP contribution in [-0.4, -0.2) is 39.6 Å². The third-order valence-corrected chi connectivity index (χ3v) is 4.60. The van der Waals surface area contributed by atoms with Crippen LogP contribution in [0.3, 0.4) is 0 Å². The predicted octanol–water partition coefficient (Wildman–Crippen LogP) is 2.47. The van der Waals surface area contributed by atoms with Crippen molar-refractivity contribution in [3.05, 3.63) is 12.2 Å². The smallest absolute Gasteiger partial charge is 0.138 e. The maximum Gasteiger partial charge on any atom is 0.138 e. The zero-order chi connectivity index (χ0) is 15.1. The second-order valence-electron chi connectivity index (χ2n) is 6.07. The molecule has 0 radical (unpaired) electrons. The molecule has 1 aliphatic carbocycles. The second kappa shape index (κ2) is 7.90. The van der Waals surface area contributed by atoms with Gasteiger partial charge in [-0.25, -0.2) is 4.98 Å². The molecule has 5 nitrogen and oxygen atoms in total. The first-order valence-corrected chi connectivity index (χ1v) is 8.42. The number of nitrogens with zero attached hydrogens (tertiary/aromatic N) is 3. The third-order valence-electron chi connectivity index (χ3n) is 4.60. The molecule has 1 saturated carbocycles. The molecule has 120 valence electrons. The SMILES string of the molecule is CCCNC(Cc1ncnn1C)C1(OCC)CCCCC1. The number of aryl methyl sites for hydroxylation is 1. The maximum atomic E-state index is 6.30. The molecule has 0 bridgehead atoms. The molecule has 1 aromatic rings. The van der Waals surface area contributed by atoms with Gasteiger partial charge < -0.3 is 10.1 Å². The van der Waals surface area contributed by atoms with Crippen molar-refractivity contribution in [3.8, 4) is 0 Å². The van der Waals surface area contributed by atoms with Crippen LogP contribution in [0.2, 0.25) is 0 Å². The number of nitrogens with one attached hydrogen (secondary N) is 1. The van der Waals surface area contributed by atoms with E-state index in [0.29, 0.717) is 6.04 Å². The molecule has 0 saturated heterocycles. The van der Waals surface area contributed by atoms with Crippen LogP contribution < -0.4 is 5.32 Å². The number of rotatable bonds is 8. The Bertz CT molecular complexity index is 407. The van der Waals surface area contributed by atoms with Crippen molar-refractivity contribution >= 4 is 0 Å². The van der Waals surface area contributed by atoms with Crippen LogP contribution in [0, 0.1) is 0 Å². The average molecular weight is 294 g/mol. The van der Waals surface area contributed by atoms with E-state index in [9.17, 15) is 0 Å². The van der Waals surface area contributed by atoms with Crippen molar-refractivity contribution in [1.29, 1.82) is 0 Å². The quantitative estimate of drug-likeness (QED) is 0.800. The fraction of sp³-hybridized carbons (Fsp3) is 0.875. The van der Waals surface area contributed by atoms with Crippen LogP contribution in [0.5, 0.6) is 0 Å². The minimum Gasteiger partial charge on any atom is -0.374 e. The summed E-state index contributed by atoms with van der Waals surface area (Å²) in [5.74, 6) is 1.04. The minimum absolute atomic E-state index is 0.0336. The highest BCUT2D eigenvalue weighted by Gasteiger charge is 2.40. The Morgan fingerprint density at radius 2 is 2.10 bits per heavy atom. The molecule has 1 aliphatic rings. The zero-order valence-electron chi connectivity index (χ0n) is 13.8. The normalized spacial score (nSPS) is 19.6. The Hall–Kier alpha value is -0.940. The van der Waals surface area contributed by atoms with Crippen molar-refractivity contribution in [1.82, 2.24) is 20.1 Å². The van der Waals surface area contributed by atoms with Crippen LogP contribution in [-0.2, 0) is 18.2 Å². The lowest BCUT2D eigenvalue weighted by Gasteiger charge is -2.43. The molecule has 0 aromatic carbocycles. The molecule has 5 heteroatoms. The number of ether oxygens (including phenoxy) is 1. The van der Waals surface area contributed by atoms with E-state index in [1.54, 1.807) is 6.33 Å². The fourth-order valence-corrected chi connectivity index (χ4v) is 3.48. The first-order valence-electron chi connectivity index (χ1n) is 8.42. The molecular weight excluding hydrogens is 264 g/mol. The first kappa shape index (κ1) is 16.4. The molecule has 0 spiro atoms. The molecule has 1 fully saturated rings. The molecule has 1 N–H and O–H groups in total. The number of hydrogen-bond acceptors (Lipinski definition) is 4. The van der Waals surface area contributed by atoms with Gasteiger partial charge in [0.25, 0.3) is 0 Å². The lowest BCUT2D eigenvalue weighted by atomic mass is 9.77. The van der Waals surface area contributed by atoms with Crippen molar-refractivity contribution in [3.63, 3.8) is 0 Å². The maximum absolute atomic E-state index is 6.30. The van der Waals surface area contributed by atoms with Gasteiger partial charge in [-0.1, -0.05) is 26.2 Å². The van der Waals surface area contributed by atoms with Crippen molar-refractivity contribution in [2.75, 3.05) is 13.2 Å². The summed E-state index contributed by atoms with van der Waals surface area (Å²) >= 11 is 0. The summed E-state index contributed by atoms with van der Waals surface area (Å²) in [6, 6.07) is 0.320. The Morgan fingerprint density at radius 1 is 1.33 bits per heavy atom. The van der Waals surface area contributed by atoms with E-state index in [1.165, 1.54) is 19.3 Å². The number of hydrogen-bond donors (Lipinski definition) is 1. The van der Waals surface area contributed by atoms with Gasteiger partial charge in [-0.2, -0.15) is 5.10 Å². The van der Waals surface area contributed by atoms with Gasteiger partial charge in [-0.05, 0) is 32.7 Å². The summed E-state index contributed by atoms with van der Waals surface area (Å²) in [6.45, 7) is 6.12. The lowest BCUT2D eigenvalue weighted by molar-refractivity contribution is -0.0901. The summed E-state index contributed by atoms with van der Waals surface area (Å²) in [5, 5.41) is 7.92. The van der Waals surface area contributed by atoms with Gasteiger partial charge in [0.05, 0.1) is 5.60 Å². The van der Waals surface area contributed by atoms with E-state index in [1.807, 2.05) is 11.7 Å². The van der Waals surface area contributed by atoms with Crippen molar-refractivity contribution < 1.29 is 4.74 Å². The highest BCUT2D eigenvalue weighted by Crippen LogP contribution is 2.35. The van der Waals surface area contributed by atoms with Crippen LogP contribution in [0.15, 0.2) is 6.33 Å². The summed E-state index contributed by atoms with van der Waals surface area (Å²) in [6.07, 6.45) is 9.83. The van der Waals surface area contributed by atoms with Crippen LogP contribution in [0.1, 0.15) is 58.2 Å². The van der Waals surface area contributed by atoms with Crippen molar-refractivity contribution in [2.24, 2.45) is 7.05 Å². The van der Waals surface area contributed by atoms with Gasteiger partial charge in [0, 0.05) is 26.1 Å². The van der Waals surface area contributed by atoms with E-state index in [2.05, 4.69) is 29.2 Å². The minimum atomic E-state index is -0.0336. The molecule has 2 rings (SSSR count). The standard InChI is InChI=1S/C16H30N4O/c1-4-11-17-14(12-15-18-13-19-20(15)3)16(21-5-2)9-7-6-8-10-16/h13-14,17H,4-12H2,1-3H3. The largest absolute Gasteiger partial charge is 0.374 e. The van der Waals surface area contributed by atoms with Gasteiger partial charge >= 0.3 is 0 Å². The highest BCUT2D eigenvalue weighted by atomic mass is 16.5. The molecule has 1 aromatic heterocycles. The Kier molecular flexibility index (Phi) is 6.18. The first-order chi connectivity index (χ1) is 10.2. The molecule has 0 amide bonds. The van der Waals surface area contributed by atoms with E-state index in [-0.39, 0.29) is 5.60 Å². The van der Waals surface area contributed by atoms with E-state index < -0.39 is 0 Å². The monoisotopic (exact) mass is 294 g/mol. The van der Waals surface area contributed by atoms with E-state index >= 15 is 0 Å². The third kappa shape index (κ3) is 4.04. The van der Waals surface area contributed by atoms with Gasteiger partial charge in [-0.15, -0.1) is 0 Å². The van der Waals surface area contributed by atoms with Crippen LogP contribution in [0.4, 0.5) is 0 Å². The Labute approximate surface area is 128 Å². The van der Waals surface area contributed by atoms with Gasteiger partial charge in [-0.3, -0.25) is 4.68 Å². The van der Waals surface area contributed by atoms with E-state index in [4.69, 9.17) is 4.74 Å². The topological polar surface area (TPSA) is 52.0 Å². The van der Waals surface area contributed by atoms with Gasteiger partial charge in [0.1, 0.15) is 12.2 Å². The lowest BCUT2D eigenvalue weighted by Crippen LogP contribution is -2.55. The summed E-state index contributed by atoms with van der Waals surface area (Å²) < 4.78 is 8.18. The van der Waals surface area contributed by atoms with Crippen LogP contribution in [0.25, 0.3) is 0 Å².